The Hall–Kier alpha value is -1.32. The molecule has 2 aliphatic heterocycles. The van der Waals surface area contributed by atoms with Gasteiger partial charge in [-0.15, -0.1) is 0 Å². The molecule has 180 valence electrons. The van der Waals surface area contributed by atoms with Gasteiger partial charge in [0.05, 0.1) is 0 Å². The topological polar surface area (TPSA) is 48.5 Å². The number of nitrogens with zero attached hydrogens (tertiary/aromatic N) is 3. The molecular weight excluding hydrogens is 437 g/mol. The monoisotopic (exact) mass is 472 g/mol. The van der Waals surface area contributed by atoms with Crippen LogP contribution in [0.1, 0.15) is 51.6 Å². The maximum atomic E-state index is 12.8. The number of aromatic nitrogens is 1. The van der Waals surface area contributed by atoms with Crippen molar-refractivity contribution in [2.24, 2.45) is 5.92 Å². The molecular formula is C23H35F3N4OS. The predicted octanol–water partition coefficient (Wildman–Crippen LogP) is 4.75. The Balaban J connectivity index is 1.52. The van der Waals surface area contributed by atoms with Crippen molar-refractivity contribution in [3.63, 3.8) is 0 Å². The number of pyridine rings is 1. The van der Waals surface area contributed by atoms with Gasteiger partial charge in [-0.2, -0.15) is 24.9 Å². The fraction of sp³-hybridized carbons (Fsp3) is 0.739. The summed E-state index contributed by atoms with van der Waals surface area (Å²) in [6, 6.07) is 3.56. The van der Waals surface area contributed by atoms with Crippen molar-refractivity contribution in [2.75, 3.05) is 49.5 Å². The number of amides is 1. The summed E-state index contributed by atoms with van der Waals surface area (Å²) in [4.78, 5) is 21.1. The standard InChI is InChI=1S/C23H35F3N4OS/c1-18(2)17-29-11-13-30(14-12-29)22(9-15-32-16-10-22)8-4-7-21(31)28-20-6-3-5-19(27-20)23(24,25)26/h3,5-6,18H,4,7-17H2,1-2H3,(H,27,28,31). The van der Waals surface area contributed by atoms with Gasteiger partial charge in [-0.25, -0.2) is 4.98 Å². The van der Waals surface area contributed by atoms with E-state index in [1.807, 2.05) is 11.8 Å². The van der Waals surface area contributed by atoms with Crippen molar-refractivity contribution in [3.8, 4) is 0 Å². The van der Waals surface area contributed by atoms with Crippen LogP contribution in [0.5, 0.6) is 0 Å². The number of carbonyl (C=O) groups excluding carboxylic acids is 1. The second-order valence-electron chi connectivity index (χ2n) is 9.33. The number of carbonyl (C=O) groups is 1. The van der Waals surface area contributed by atoms with Gasteiger partial charge in [0, 0.05) is 44.7 Å². The molecule has 0 radical (unpaired) electrons. The number of hydrogen-bond acceptors (Lipinski definition) is 5. The summed E-state index contributed by atoms with van der Waals surface area (Å²) >= 11 is 2.00. The molecule has 0 unspecified atom stereocenters. The molecule has 32 heavy (non-hydrogen) atoms. The number of hydrogen-bond donors (Lipinski definition) is 1. The zero-order valence-corrected chi connectivity index (χ0v) is 19.9. The minimum absolute atomic E-state index is 0.0464. The van der Waals surface area contributed by atoms with Gasteiger partial charge in [-0.05, 0) is 55.2 Å². The normalized spacial score (nSPS) is 20.4. The van der Waals surface area contributed by atoms with Crippen molar-refractivity contribution in [1.82, 2.24) is 14.8 Å². The van der Waals surface area contributed by atoms with Crippen molar-refractivity contribution >= 4 is 23.5 Å². The lowest BCUT2D eigenvalue weighted by molar-refractivity contribution is -0.141. The van der Waals surface area contributed by atoms with Crippen LogP contribution < -0.4 is 5.32 Å². The first-order chi connectivity index (χ1) is 15.2. The molecule has 2 fully saturated rings. The fourth-order valence-corrected chi connectivity index (χ4v) is 6.10. The second-order valence-corrected chi connectivity index (χ2v) is 10.6. The van der Waals surface area contributed by atoms with Crippen LogP contribution in [-0.2, 0) is 11.0 Å². The van der Waals surface area contributed by atoms with E-state index in [1.54, 1.807) is 0 Å². The smallest absolute Gasteiger partial charge is 0.311 e. The Morgan fingerprint density at radius 2 is 1.88 bits per heavy atom. The van der Waals surface area contributed by atoms with Crippen LogP contribution in [-0.4, -0.2) is 70.5 Å². The molecule has 3 heterocycles. The van der Waals surface area contributed by atoms with Gasteiger partial charge < -0.3 is 10.2 Å². The summed E-state index contributed by atoms with van der Waals surface area (Å²) in [5.41, 5.74) is -0.852. The van der Waals surface area contributed by atoms with Crippen molar-refractivity contribution < 1.29 is 18.0 Å². The van der Waals surface area contributed by atoms with Gasteiger partial charge in [0.1, 0.15) is 11.5 Å². The second kappa shape index (κ2) is 11.2. The van der Waals surface area contributed by atoms with E-state index in [0.717, 1.165) is 76.0 Å². The number of nitrogens with one attached hydrogen (secondary N) is 1. The van der Waals surface area contributed by atoms with Gasteiger partial charge in [0.25, 0.3) is 0 Å². The van der Waals surface area contributed by atoms with E-state index in [0.29, 0.717) is 12.3 Å². The number of halogens is 3. The average Bonchev–Trinajstić information content (AvgIpc) is 2.74. The van der Waals surface area contributed by atoms with E-state index in [-0.39, 0.29) is 17.3 Å². The van der Waals surface area contributed by atoms with Crippen LogP contribution in [0.3, 0.4) is 0 Å². The molecule has 0 aromatic carbocycles. The molecule has 3 rings (SSSR count). The minimum atomic E-state index is -4.52. The maximum absolute atomic E-state index is 12.8. The third kappa shape index (κ3) is 7.09. The molecule has 1 aromatic rings. The van der Waals surface area contributed by atoms with Crippen LogP contribution in [0.25, 0.3) is 0 Å². The van der Waals surface area contributed by atoms with E-state index in [4.69, 9.17) is 0 Å². The van der Waals surface area contributed by atoms with Gasteiger partial charge >= 0.3 is 6.18 Å². The molecule has 0 atom stereocenters. The van der Waals surface area contributed by atoms with Gasteiger partial charge in [-0.1, -0.05) is 19.9 Å². The van der Waals surface area contributed by atoms with Crippen LogP contribution in [0, 0.1) is 5.92 Å². The number of piperazine rings is 1. The van der Waals surface area contributed by atoms with E-state index >= 15 is 0 Å². The average molecular weight is 473 g/mol. The van der Waals surface area contributed by atoms with Crippen molar-refractivity contribution in [3.05, 3.63) is 23.9 Å². The highest BCUT2D eigenvalue weighted by molar-refractivity contribution is 7.99. The highest BCUT2D eigenvalue weighted by Gasteiger charge is 2.39. The zero-order valence-electron chi connectivity index (χ0n) is 19.1. The van der Waals surface area contributed by atoms with Crippen LogP contribution in [0.2, 0.25) is 0 Å². The van der Waals surface area contributed by atoms with E-state index < -0.39 is 11.9 Å². The molecule has 0 aliphatic carbocycles. The van der Waals surface area contributed by atoms with Crippen LogP contribution in [0.4, 0.5) is 19.0 Å². The Kier molecular flexibility index (Phi) is 8.86. The lowest BCUT2D eigenvalue weighted by Gasteiger charge is -2.50. The quantitative estimate of drug-likeness (QED) is 0.592. The first kappa shape index (κ1) is 25.3. The first-order valence-corrected chi connectivity index (χ1v) is 12.7. The van der Waals surface area contributed by atoms with Gasteiger partial charge in [0.2, 0.25) is 5.91 Å². The van der Waals surface area contributed by atoms with E-state index in [1.165, 1.54) is 12.1 Å². The van der Waals surface area contributed by atoms with Gasteiger partial charge in [-0.3, -0.25) is 9.69 Å². The Morgan fingerprint density at radius 3 is 2.50 bits per heavy atom. The maximum Gasteiger partial charge on any atom is 0.433 e. The lowest BCUT2D eigenvalue weighted by atomic mass is 9.84. The lowest BCUT2D eigenvalue weighted by Crippen LogP contribution is -2.58. The van der Waals surface area contributed by atoms with Gasteiger partial charge in [0.15, 0.2) is 0 Å². The Morgan fingerprint density at radius 1 is 1.19 bits per heavy atom. The number of thioether (sulfide) groups is 1. The van der Waals surface area contributed by atoms with Crippen molar-refractivity contribution in [1.29, 1.82) is 0 Å². The molecule has 1 N–H and O–H groups in total. The molecule has 1 aromatic heterocycles. The number of rotatable bonds is 8. The Labute approximate surface area is 193 Å². The number of alkyl halides is 3. The van der Waals surface area contributed by atoms with Crippen LogP contribution >= 0.6 is 11.8 Å². The van der Waals surface area contributed by atoms with E-state index in [2.05, 4.69) is 33.9 Å². The first-order valence-electron chi connectivity index (χ1n) is 11.6. The third-order valence-corrected chi connectivity index (χ3v) is 7.43. The Bertz CT molecular complexity index is 745. The fourth-order valence-electron chi connectivity index (χ4n) is 4.84. The summed E-state index contributed by atoms with van der Waals surface area (Å²) in [5, 5.41) is 2.53. The predicted molar refractivity (Wildman–Crippen MR) is 124 cm³/mol. The molecule has 5 nitrogen and oxygen atoms in total. The molecule has 9 heteroatoms. The molecule has 0 bridgehead atoms. The largest absolute Gasteiger partial charge is 0.433 e. The third-order valence-electron chi connectivity index (χ3n) is 6.44. The molecule has 2 aliphatic rings. The van der Waals surface area contributed by atoms with Crippen molar-refractivity contribution in [2.45, 2.75) is 57.7 Å². The summed E-state index contributed by atoms with van der Waals surface area (Å²) in [6.07, 6.45) is -0.286. The summed E-state index contributed by atoms with van der Waals surface area (Å²) in [5.74, 6) is 2.64. The summed E-state index contributed by atoms with van der Waals surface area (Å²) in [6.45, 7) is 9.97. The molecule has 0 saturated carbocycles. The summed E-state index contributed by atoms with van der Waals surface area (Å²) < 4.78 is 38.5. The molecule has 2 saturated heterocycles. The minimum Gasteiger partial charge on any atom is -0.311 e. The summed E-state index contributed by atoms with van der Waals surface area (Å²) in [7, 11) is 0. The number of anilines is 1. The molecule has 1 amide bonds. The zero-order chi connectivity index (χ0) is 23.2. The molecule has 0 spiro atoms. The van der Waals surface area contributed by atoms with Crippen LogP contribution in [0.15, 0.2) is 18.2 Å². The highest BCUT2D eigenvalue weighted by Crippen LogP contribution is 2.37. The highest BCUT2D eigenvalue weighted by atomic mass is 32.2. The SMILES string of the molecule is CC(C)CN1CCN(C2(CCCC(=O)Nc3cccc(C(F)(F)F)n3)CCSCC2)CC1. The van der Waals surface area contributed by atoms with E-state index in [9.17, 15) is 18.0 Å².